The zero-order valence-corrected chi connectivity index (χ0v) is 14.0. The first-order valence-corrected chi connectivity index (χ1v) is 8.24. The molecule has 1 N–H and O–H groups in total. The molecule has 3 heteroatoms. The molecule has 1 aliphatic carbocycles. The van der Waals surface area contributed by atoms with Crippen molar-refractivity contribution < 1.29 is 4.79 Å². The van der Waals surface area contributed by atoms with Crippen molar-refractivity contribution in [2.75, 3.05) is 6.54 Å². The number of rotatable bonds is 1. The molecular formula is C21H20N2O. The number of hydrogen-bond acceptors (Lipinski definition) is 2. The summed E-state index contributed by atoms with van der Waals surface area (Å²) in [6, 6.07) is 6.50. The van der Waals surface area contributed by atoms with Crippen LogP contribution in [-0.2, 0) is 11.2 Å². The van der Waals surface area contributed by atoms with Crippen molar-refractivity contribution in [3.05, 3.63) is 71.0 Å². The first kappa shape index (κ1) is 14.8. The van der Waals surface area contributed by atoms with E-state index in [9.17, 15) is 4.79 Å². The Morgan fingerprint density at radius 2 is 2.12 bits per heavy atom. The van der Waals surface area contributed by atoms with Gasteiger partial charge in [0.1, 0.15) is 0 Å². The van der Waals surface area contributed by atoms with Crippen molar-refractivity contribution in [1.29, 1.82) is 0 Å². The van der Waals surface area contributed by atoms with E-state index >= 15 is 0 Å². The van der Waals surface area contributed by atoms with Crippen LogP contribution in [0.5, 0.6) is 0 Å². The minimum Gasteiger partial charge on any atom is -0.383 e. The SMILES string of the molecule is C=C1NCCc2c1n(/C=C1\C=CC=C(C)C1=O)c1cc(C)ccc21. The molecule has 2 heterocycles. The van der Waals surface area contributed by atoms with E-state index < -0.39 is 0 Å². The third kappa shape index (κ3) is 2.16. The highest BCUT2D eigenvalue weighted by atomic mass is 16.1. The second-order valence-corrected chi connectivity index (χ2v) is 6.50. The summed E-state index contributed by atoms with van der Waals surface area (Å²) in [6.07, 6.45) is 8.58. The fourth-order valence-corrected chi connectivity index (χ4v) is 3.54. The standard InChI is InChI=1S/C21H20N2O/c1-13-7-8-17-18-9-10-22-15(3)20(18)23(19(17)11-13)12-16-6-4-5-14(2)21(16)24/h4-8,11-12,22H,3,9-10H2,1-2H3/b16-12+. The van der Waals surface area contributed by atoms with Crippen LogP contribution in [0.4, 0.5) is 0 Å². The molecule has 0 spiro atoms. The second kappa shape index (κ2) is 5.38. The molecule has 0 saturated heterocycles. The van der Waals surface area contributed by atoms with E-state index in [0.29, 0.717) is 5.57 Å². The Balaban J connectivity index is 2.01. The van der Waals surface area contributed by atoms with Gasteiger partial charge in [0, 0.05) is 23.7 Å². The molecule has 0 unspecified atom stereocenters. The van der Waals surface area contributed by atoms with E-state index in [2.05, 4.69) is 41.6 Å². The zero-order chi connectivity index (χ0) is 16.8. The van der Waals surface area contributed by atoms with Gasteiger partial charge in [-0.05, 0) is 49.1 Å². The summed E-state index contributed by atoms with van der Waals surface area (Å²) < 4.78 is 2.13. The van der Waals surface area contributed by atoms with Gasteiger partial charge in [0.2, 0.25) is 0 Å². The summed E-state index contributed by atoms with van der Waals surface area (Å²) in [5.74, 6) is 0.0788. The molecule has 0 amide bonds. The van der Waals surface area contributed by atoms with Gasteiger partial charge in [-0.3, -0.25) is 4.79 Å². The Morgan fingerprint density at radius 1 is 1.29 bits per heavy atom. The number of allylic oxidation sites excluding steroid dienone is 5. The molecule has 3 nitrogen and oxygen atoms in total. The monoisotopic (exact) mass is 316 g/mol. The number of carbonyl (C=O) groups is 1. The summed E-state index contributed by atoms with van der Waals surface area (Å²) in [6.45, 7) is 9.03. The fourth-order valence-electron chi connectivity index (χ4n) is 3.54. The predicted molar refractivity (Wildman–Crippen MR) is 99.6 cm³/mol. The van der Waals surface area contributed by atoms with Crippen LogP contribution in [0.15, 0.2) is 54.2 Å². The van der Waals surface area contributed by atoms with Crippen LogP contribution in [0.2, 0.25) is 0 Å². The number of ketones is 1. The van der Waals surface area contributed by atoms with Crippen molar-refractivity contribution in [3.63, 3.8) is 0 Å². The third-order valence-electron chi connectivity index (χ3n) is 4.77. The number of nitrogens with one attached hydrogen (secondary N) is 1. The van der Waals surface area contributed by atoms with E-state index in [4.69, 9.17) is 0 Å². The zero-order valence-electron chi connectivity index (χ0n) is 14.0. The van der Waals surface area contributed by atoms with Crippen molar-refractivity contribution in [3.8, 4) is 0 Å². The number of fused-ring (bicyclic) bond motifs is 3. The molecule has 1 aliphatic heterocycles. The Kier molecular flexibility index (Phi) is 3.31. The number of nitrogens with zero attached hydrogens (tertiary/aromatic N) is 1. The maximum Gasteiger partial charge on any atom is 0.190 e. The van der Waals surface area contributed by atoms with Gasteiger partial charge in [-0.15, -0.1) is 0 Å². The van der Waals surface area contributed by atoms with Crippen LogP contribution < -0.4 is 5.32 Å². The van der Waals surface area contributed by atoms with Gasteiger partial charge in [0.15, 0.2) is 5.78 Å². The van der Waals surface area contributed by atoms with E-state index in [-0.39, 0.29) is 5.78 Å². The molecule has 120 valence electrons. The minimum absolute atomic E-state index is 0.0788. The first-order valence-electron chi connectivity index (χ1n) is 8.24. The van der Waals surface area contributed by atoms with Crippen molar-refractivity contribution in [2.24, 2.45) is 0 Å². The summed E-state index contributed by atoms with van der Waals surface area (Å²) in [5.41, 5.74) is 7.12. The summed E-state index contributed by atoms with van der Waals surface area (Å²) >= 11 is 0. The first-order chi connectivity index (χ1) is 11.6. The maximum absolute atomic E-state index is 12.5. The molecule has 0 bridgehead atoms. The third-order valence-corrected chi connectivity index (χ3v) is 4.77. The molecule has 0 fully saturated rings. The lowest BCUT2D eigenvalue weighted by atomic mass is 10.0. The number of Topliss-reactive ketones (excluding diaryl/α,β-unsaturated/α-hetero) is 1. The van der Waals surface area contributed by atoms with Crippen molar-refractivity contribution in [2.45, 2.75) is 20.3 Å². The Morgan fingerprint density at radius 3 is 2.96 bits per heavy atom. The van der Waals surface area contributed by atoms with Crippen molar-refractivity contribution in [1.82, 2.24) is 9.88 Å². The van der Waals surface area contributed by atoms with Crippen LogP contribution in [0.1, 0.15) is 23.7 Å². The molecule has 0 saturated carbocycles. The highest BCUT2D eigenvalue weighted by Crippen LogP contribution is 2.34. The van der Waals surface area contributed by atoms with Crippen LogP contribution >= 0.6 is 0 Å². The lowest BCUT2D eigenvalue weighted by molar-refractivity contribution is -0.111. The molecule has 1 aromatic heterocycles. The van der Waals surface area contributed by atoms with Gasteiger partial charge in [0.05, 0.1) is 16.9 Å². The molecule has 1 aromatic carbocycles. The number of aryl methyl sites for hydroxylation is 1. The quantitative estimate of drug-likeness (QED) is 0.807. The maximum atomic E-state index is 12.5. The Bertz CT molecular complexity index is 983. The summed E-state index contributed by atoms with van der Waals surface area (Å²) in [7, 11) is 0. The van der Waals surface area contributed by atoms with E-state index in [0.717, 1.165) is 35.4 Å². The number of aromatic nitrogens is 1. The minimum atomic E-state index is 0.0788. The average Bonchev–Trinajstić information content (AvgIpc) is 2.86. The molecule has 0 radical (unpaired) electrons. The lowest BCUT2D eigenvalue weighted by Crippen LogP contribution is -2.23. The second-order valence-electron chi connectivity index (χ2n) is 6.50. The molecule has 4 rings (SSSR count). The van der Waals surface area contributed by atoms with Crippen molar-refractivity contribution >= 4 is 28.6 Å². The van der Waals surface area contributed by atoms with Gasteiger partial charge in [-0.25, -0.2) is 0 Å². The van der Waals surface area contributed by atoms with E-state index in [1.165, 1.54) is 16.5 Å². The topological polar surface area (TPSA) is 34.0 Å². The highest BCUT2D eigenvalue weighted by Gasteiger charge is 2.22. The molecule has 0 atom stereocenters. The van der Waals surface area contributed by atoms with Crippen LogP contribution in [0.3, 0.4) is 0 Å². The van der Waals surface area contributed by atoms with Crippen LogP contribution in [0, 0.1) is 6.92 Å². The molecular weight excluding hydrogens is 296 g/mol. The largest absolute Gasteiger partial charge is 0.383 e. The highest BCUT2D eigenvalue weighted by molar-refractivity contribution is 6.13. The number of benzene rings is 1. The van der Waals surface area contributed by atoms with Crippen LogP contribution in [-0.4, -0.2) is 16.9 Å². The molecule has 2 aromatic rings. The van der Waals surface area contributed by atoms with E-state index in [1.54, 1.807) is 0 Å². The normalized spacial score (nSPS) is 18.8. The Labute approximate surface area is 141 Å². The van der Waals surface area contributed by atoms with Gasteiger partial charge < -0.3 is 9.88 Å². The lowest BCUT2D eigenvalue weighted by Gasteiger charge is -2.19. The molecule has 24 heavy (non-hydrogen) atoms. The summed E-state index contributed by atoms with van der Waals surface area (Å²) in [4.78, 5) is 12.5. The van der Waals surface area contributed by atoms with Gasteiger partial charge in [0.25, 0.3) is 0 Å². The number of hydrogen-bond donors (Lipinski definition) is 1. The van der Waals surface area contributed by atoms with E-state index in [1.807, 2.05) is 31.4 Å². The van der Waals surface area contributed by atoms with Crippen LogP contribution in [0.25, 0.3) is 22.8 Å². The number of carbonyl (C=O) groups excluding carboxylic acids is 1. The van der Waals surface area contributed by atoms with Gasteiger partial charge in [-0.1, -0.05) is 30.9 Å². The fraction of sp³-hybridized carbons (Fsp3) is 0.190. The molecule has 2 aliphatic rings. The van der Waals surface area contributed by atoms with Gasteiger partial charge in [-0.2, -0.15) is 0 Å². The predicted octanol–water partition coefficient (Wildman–Crippen LogP) is 3.99. The van der Waals surface area contributed by atoms with Gasteiger partial charge >= 0.3 is 0 Å². The average molecular weight is 316 g/mol. The smallest absolute Gasteiger partial charge is 0.190 e. The Hall–Kier alpha value is -2.81. The summed E-state index contributed by atoms with van der Waals surface area (Å²) in [5, 5.41) is 4.60.